The van der Waals surface area contributed by atoms with Crippen LogP contribution in [0, 0.1) is 0 Å². The average molecular weight is 166 g/mol. The Balaban J connectivity index is 2.81. The fourth-order valence-electron chi connectivity index (χ4n) is 1.14. The van der Waals surface area contributed by atoms with Crippen LogP contribution in [0.1, 0.15) is 24.2 Å². The van der Waals surface area contributed by atoms with Crippen LogP contribution in [0.3, 0.4) is 0 Å². The minimum absolute atomic E-state index is 0.156. The Kier molecular flexibility index (Phi) is 3.26. The third kappa shape index (κ3) is 2.32. The lowest BCUT2D eigenvalue weighted by molar-refractivity contribution is 0.199. The van der Waals surface area contributed by atoms with Crippen molar-refractivity contribution in [2.75, 3.05) is 6.61 Å². The zero-order chi connectivity index (χ0) is 8.97. The largest absolute Gasteiger partial charge is 0.396 e. The highest BCUT2D eigenvalue weighted by atomic mass is 16.3. The number of aliphatic hydroxyl groups is 2. The summed E-state index contributed by atoms with van der Waals surface area (Å²) in [5, 5.41) is 17.9. The maximum atomic E-state index is 9.25. The van der Waals surface area contributed by atoms with Gasteiger partial charge in [0.2, 0.25) is 0 Å². The van der Waals surface area contributed by atoms with Crippen LogP contribution in [0.15, 0.2) is 24.3 Å². The van der Waals surface area contributed by atoms with E-state index in [1.54, 1.807) is 6.92 Å². The van der Waals surface area contributed by atoms with E-state index in [1.807, 2.05) is 24.3 Å². The highest BCUT2D eigenvalue weighted by Gasteiger charge is 2.00. The molecule has 1 aromatic carbocycles. The van der Waals surface area contributed by atoms with Gasteiger partial charge in [-0.25, -0.2) is 0 Å². The molecule has 66 valence electrons. The van der Waals surface area contributed by atoms with Gasteiger partial charge >= 0.3 is 0 Å². The van der Waals surface area contributed by atoms with Gasteiger partial charge in [0, 0.05) is 6.61 Å². The summed E-state index contributed by atoms with van der Waals surface area (Å²) >= 11 is 0. The Bertz CT molecular complexity index is 243. The van der Waals surface area contributed by atoms with Gasteiger partial charge in [-0.2, -0.15) is 0 Å². The van der Waals surface area contributed by atoms with Crippen molar-refractivity contribution in [2.24, 2.45) is 0 Å². The Morgan fingerprint density at radius 2 is 2.17 bits per heavy atom. The minimum Gasteiger partial charge on any atom is -0.396 e. The van der Waals surface area contributed by atoms with Crippen LogP contribution >= 0.6 is 0 Å². The lowest BCUT2D eigenvalue weighted by Gasteiger charge is -2.05. The summed E-state index contributed by atoms with van der Waals surface area (Å²) in [7, 11) is 0. The number of benzene rings is 1. The number of hydrogen-bond donors (Lipinski definition) is 2. The Hall–Kier alpha value is -0.860. The summed E-state index contributed by atoms with van der Waals surface area (Å²) in [6.45, 7) is 1.89. The molecule has 1 atom stereocenters. The van der Waals surface area contributed by atoms with Crippen LogP contribution in [-0.2, 0) is 6.42 Å². The quantitative estimate of drug-likeness (QED) is 0.710. The zero-order valence-electron chi connectivity index (χ0n) is 7.20. The molecular formula is C10H14O2. The monoisotopic (exact) mass is 166 g/mol. The van der Waals surface area contributed by atoms with Gasteiger partial charge in [0.1, 0.15) is 0 Å². The molecule has 2 N–H and O–H groups in total. The molecule has 0 amide bonds. The predicted molar refractivity (Wildman–Crippen MR) is 47.9 cm³/mol. The van der Waals surface area contributed by atoms with Gasteiger partial charge < -0.3 is 10.2 Å². The van der Waals surface area contributed by atoms with Gasteiger partial charge in [0.05, 0.1) is 6.10 Å². The van der Waals surface area contributed by atoms with Crippen LogP contribution in [0.25, 0.3) is 0 Å². The van der Waals surface area contributed by atoms with Crippen LogP contribution < -0.4 is 0 Å². The zero-order valence-corrected chi connectivity index (χ0v) is 7.20. The van der Waals surface area contributed by atoms with Crippen molar-refractivity contribution in [3.63, 3.8) is 0 Å². The molecule has 2 heteroatoms. The number of aliphatic hydroxyl groups excluding tert-OH is 2. The molecular weight excluding hydrogens is 152 g/mol. The first kappa shape index (κ1) is 9.23. The fraction of sp³-hybridized carbons (Fsp3) is 0.400. The first-order valence-electron chi connectivity index (χ1n) is 4.12. The van der Waals surface area contributed by atoms with Crippen molar-refractivity contribution in [3.8, 4) is 0 Å². The van der Waals surface area contributed by atoms with Gasteiger partial charge in [-0.15, -0.1) is 0 Å². The summed E-state index contributed by atoms with van der Waals surface area (Å²) in [5.74, 6) is 0. The number of hydrogen-bond acceptors (Lipinski definition) is 2. The molecule has 0 aliphatic rings. The van der Waals surface area contributed by atoms with Crippen LogP contribution in [0.4, 0.5) is 0 Å². The Morgan fingerprint density at radius 3 is 2.75 bits per heavy atom. The minimum atomic E-state index is -0.427. The third-order valence-electron chi connectivity index (χ3n) is 1.83. The highest BCUT2D eigenvalue weighted by molar-refractivity contribution is 5.24. The molecule has 0 unspecified atom stereocenters. The van der Waals surface area contributed by atoms with Gasteiger partial charge in [-0.05, 0) is 24.5 Å². The topological polar surface area (TPSA) is 40.5 Å². The van der Waals surface area contributed by atoms with Crippen LogP contribution in [0.5, 0.6) is 0 Å². The lowest BCUT2D eigenvalue weighted by atomic mass is 10.1. The molecule has 0 saturated carbocycles. The molecule has 0 aliphatic carbocycles. The van der Waals surface area contributed by atoms with Crippen molar-refractivity contribution in [1.29, 1.82) is 0 Å². The molecule has 2 nitrogen and oxygen atoms in total. The van der Waals surface area contributed by atoms with E-state index in [0.717, 1.165) is 11.1 Å². The maximum Gasteiger partial charge on any atom is 0.0762 e. The molecule has 0 aliphatic heterocycles. The van der Waals surface area contributed by atoms with E-state index in [4.69, 9.17) is 5.11 Å². The van der Waals surface area contributed by atoms with E-state index in [0.29, 0.717) is 6.42 Å². The first-order chi connectivity index (χ1) is 5.74. The average Bonchev–Trinajstić information content (AvgIpc) is 2.05. The lowest BCUT2D eigenvalue weighted by Crippen LogP contribution is -1.95. The maximum absolute atomic E-state index is 9.25. The standard InChI is InChI=1S/C10H14O2/c1-8(12)10-4-2-3-9(7-10)5-6-11/h2-4,7-8,11-12H,5-6H2,1H3/t8-/m0/s1. The number of rotatable bonds is 3. The van der Waals surface area contributed by atoms with Gasteiger partial charge in [-0.1, -0.05) is 24.3 Å². The van der Waals surface area contributed by atoms with E-state index < -0.39 is 6.10 Å². The van der Waals surface area contributed by atoms with Gasteiger partial charge in [-0.3, -0.25) is 0 Å². The van der Waals surface area contributed by atoms with Crippen LogP contribution in [0.2, 0.25) is 0 Å². The normalized spacial score (nSPS) is 12.9. The molecule has 12 heavy (non-hydrogen) atoms. The molecule has 0 heterocycles. The second kappa shape index (κ2) is 4.24. The third-order valence-corrected chi connectivity index (χ3v) is 1.83. The molecule has 1 rings (SSSR count). The summed E-state index contributed by atoms with van der Waals surface area (Å²) < 4.78 is 0. The highest BCUT2D eigenvalue weighted by Crippen LogP contribution is 2.13. The fourth-order valence-corrected chi connectivity index (χ4v) is 1.14. The van der Waals surface area contributed by atoms with Crippen molar-refractivity contribution < 1.29 is 10.2 Å². The van der Waals surface area contributed by atoms with Crippen LogP contribution in [-0.4, -0.2) is 16.8 Å². The first-order valence-corrected chi connectivity index (χ1v) is 4.12. The second-order valence-electron chi connectivity index (χ2n) is 2.89. The SMILES string of the molecule is C[C@H](O)c1cccc(CCO)c1. The molecule has 0 radical (unpaired) electrons. The smallest absolute Gasteiger partial charge is 0.0762 e. The molecule has 0 saturated heterocycles. The Morgan fingerprint density at radius 1 is 1.42 bits per heavy atom. The van der Waals surface area contributed by atoms with Gasteiger partial charge in [0.15, 0.2) is 0 Å². The molecule has 0 spiro atoms. The van der Waals surface area contributed by atoms with Crippen molar-refractivity contribution >= 4 is 0 Å². The van der Waals surface area contributed by atoms with E-state index in [1.165, 1.54) is 0 Å². The summed E-state index contributed by atoms with van der Waals surface area (Å²) in [4.78, 5) is 0. The van der Waals surface area contributed by atoms with Crippen molar-refractivity contribution in [1.82, 2.24) is 0 Å². The molecule has 1 aromatic rings. The van der Waals surface area contributed by atoms with Crippen molar-refractivity contribution in [2.45, 2.75) is 19.4 Å². The summed E-state index contributed by atoms with van der Waals surface area (Å²) in [6, 6.07) is 7.64. The summed E-state index contributed by atoms with van der Waals surface area (Å²) in [6.07, 6.45) is 0.226. The molecule has 0 bridgehead atoms. The molecule has 0 fully saturated rings. The molecule has 0 aromatic heterocycles. The van der Waals surface area contributed by atoms with E-state index in [2.05, 4.69) is 0 Å². The second-order valence-corrected chi connectivity index (χ2v) is 2.89. The van der Waals surface area contributed by atoms with E-state index in [9.17, 15) is 5.11 Å². The summed E-state index contributed by atoms with van der Waals surface area (Å²) in [5.41, 5.74) is 1.97. The Labute approximate surface area is 72.5 Å². The van der Waals surface area contributed by atoms with E-state index in [-0.39, 0.29) is 6.61 Å². The predicted octanol–water partition coefficient (Wildman–Crippen LogP) is 1.27. The van der Waals surface area contributed by atoms with E-state index >= 15 is 0 Å². The van der Waals surface area contributed by atoms with Gasteiger partial charge in [0.25, 0.3) is 0 Å². The van der Waals surface area contributed by atoms with Crippen molar-refractivity contribution in [3.05, 3.63) is 35.4 Å².